The number of thiophene rings is 1. The zero-order chi connectivity index (χ0) is 29.6. The Morgan fingerprint density at radius 3 is 2.48 bits per heavy atom. The molecule has 4 aromatic rings. The molecule has 1 aliphatic rings. The highest BCUT2D eigenvalue weighted by Crippen LogP contribution is 2.41. The Hall–Kier alpha value is -4.48. The van der Waals surface area contributed by atoms with E-state index in [1.54, 1.807) is 18.2 Å². The van der Waals surface area contributed by atoms with Gasteiger partial charge < -0.3 is 15.4 Å². The van der Waals surface area contributed by atoms with Crippen LogP contribution in [0.4, 0.5) is 16.4 Å². The number of nitro groups is 1. The fourth-order valence-corrected chi connectivity index (χ4v) is 7.16. The zero-order valence-corrected chi connectivity index (χ0v) is 24.3. The van der Waals surface area contributed by atoms with Gasteiger partial charge in [0.1, 0.15) is 10.3 Å². The van der Waals surface area contributed by atoms with Crippen molar-refractivity contribution < 1.29 is 24.0 Å². The molecule has 0 spiro atoms. The van der Waals surface area contributed by atoms with Crippen LogP contribution in [-0.2, 0) is 22.4 Å². The molecule has 0 radical (unpaired) electrons. The zero-order valence-electron chi connectivity index (χ0n) is 22.6. The molecule has 0 bridgehead atoms. The molecule has 9 nitrogen and oxygen atoms in total. The number of methoxy groups -OCH3 is 1. The van der Waals surface area contributed by atoms with E-state index in [4.69, 9.17) is 4.74 Å². The normalized spacial score (nSPS) is 13.0. The maximum Gasteiger partial charge on any atom is 0.341 e. The van der Waals surface area contributed by atoms with Gasteiger partial charge in [-0.25, -0.2) is 4.79 Å². The molecule has 1 heterocycles. The number of benzene rings is 3. The molecule has 0 saturated carbocycles. The summed E-state index contributed by atoms with van der Waals surface area (Å²) in [6.45, 7) is 0. The summed E-state index contributed by atoms with van der Waals surface area (Å²) >= 11 is 2.73. The quantitative estimate of drug-likeness (QED) is 0.0911. The first-order chi connectivity index (χ1) is 20.3. The highest BCUT2D eigenvalue weighted by atomic mass is 32.2. The number of nitrogens with zero attached hydrogens (tertiary/aromatic N) is 1. The topological polar surface area (TPSA) is 128 Å². The third kappa shape index (κ3) is 6.53. The number of carbonyl (C=O) groups is 3. The van der Waals surface area contributed by atoms with Crippen molar-refractivity contribution in [2.45, 2.75) is 35.8 Å². The minimum absolute atomic E-state index is 0.156. The Bertz CT molecular complexity index is 1650. The van der Waals surface area contributed by atoms with Gasteiger partial charge in [-0.05, 0) is 61.1 Å². The van der Waals surface area contributed by atoms with E-state index in [0.717, 1.165) is 46.6 Å². The van der Waals surface area contributed by atoms with Gasteiger partial charge in [-0.3, -0.25) is 19.7 Å². The number of anilines is 2. The van der Waals surface area contributed by atoms with Gasteiger partial charge in [0.25, 0.3) is 11.6 Å². The smallest absolute Gasteiger partial charge is 0.341 e. The third-order valence-corrected chi connectivity index (χ3v) is 9.26. The maximum atomic E-state index is 13.8. The van der Waals surface area contributed by atoms with Crippen molar-refractivity contribution in [2.24, 2.45) is 0 Å². The lowest BCUT2D eigenvalue weighted by Crippen LogP contribution is -2.20. The fraction of sp³-hybridized carbons (Fsp3) is 0.194. The summed E-state index contributed by atoms with van der Waals surface area (Å²) in [4.78, 5) is 51.7. The molecule has 1 atom stereocenters. The Labute approximate surface area is 250 Å². The van der Waals surface area contributed by atoms with E-state index in [2.05, 4.69) is 10.6 Å². The lowest BCUT2D eigenvalue weighted by atomic mass is 9.95. The molecule has 42 heavy (non-hydrogen) atoms. The van der Waals surface area contributed by atoms with Crippen molar-refractivity contribution in [3.63, 3.8) is 0 Å². The predicted molar refractivity (Wildman–Crippen MR) is 163 cm³/mol. The van der Waals surface area contributed by atoms with Gasteiger partial charge in [0.2, 0.25) is 5.91 Å². The molecule has 3 aromatic carbocycles. The summed E-state index contributed by atoms with van der Waals surface area (Å²) in [6.07, 6.45) is 3.67. The van der Waals surface area contributed by atoms with Crippen LogP contribution in [-0.4, -0.2) is 29.8 Å². The number of hydrogen-bond donors (Lipinski definition) is 2. The molecule has 11 heteroatoms. The van der Waals surface area contributed by atoms with Crippen LogP contribution in [0.3, 0.4) is 0 Å². The average molecular weight is 602 g/mol. The molecule has 2 N–H and O–H groups in total. The van der Waals surface area contributed by atoms with Crippen LogP contribution in [0.2, 0.25) is 0 Å². The summed E-state index contributed by atoms with van der Waals surface area (Å²) in [7, 11) is 1.34. The Balaban J connectivity index is 1.39. The van der Waals surface area contributed by atoms with E-state index >= 15 is 0 Å². The molecule has 2 amide bonds. The predicted octanol–water partition coefficient (Wildman–Crippen LogP) is 7.05. The number of fused-ring (bicyclic) bond motifs is 1. The largest absolute Gasteiger partial charge is 0.465 e. The number of non-ortho nitro benzene ring substituents is 1. The van der Waals surface area contributed by atoms with Crippen LogP contribution in [0.25, 0.3) is 0 Å². The second kappa shape index (κ2) is 13.0. The summed E-state index contributed by atoms with van der Waals surface area (Å²) in [5.74, 6) is -1.24. The van der Waals surface area contributed by atoms with Crippen molar-refractivity contribution in [2.75, 3.05) is 17.7 Å². The lowest BCUT2D eigenvalue weighted by molar-refractivity contribution is -0.384. The second-order valence-corrected chi connectivity index (χ2v) is 11.9. The number of hydrogen-bond acceptors (Lipinski definition) is 8. The van der Waals surface area contributed by atoms with Crippen molar-refractivity contribution in [1.82, 2.24) is 0 Å². The number of esters is 1. The van der Waals surface area contributed by atoms with Crippen LogP contribution in [0.1, 0.15) is 54.8 Å². The van der Waals surface area contributed by atoms with Crippen LogP contribution in [0.5, 0.6) is 0 Å². The van der Waals surface area contributed by atoms with Crippen LogP contribution in [0.15, 0.2) is 83.8 Å². The first kappa shape index (κ1) is 29.0. The second-order valence-electron chi connectivity index (χ2n) is 9.59. The van der Waals surface area contributed by atoms with Gasteiger partial charge in [0, 0.05) is 33.2 Å². The first-order valence-electron chi connectivity index (χ1n) is 13.2. The van der Waals surface area contributed by atoms with E-state index in [-0.39, 0.29) is 17.2 Å². The van der Waals surface area contributed by atoms with E-state index in [1.165, 1.54) is 54.5 Å². The number of ether oxygens (including phenoxy) is 1. The minimum Gasteiger partial charge on any atom is -0.465 e. The van der Waals surface area contributed by atoms with Crippen LogP contribution >= 0.6 is 23.1 Å². The van der Waals surface area contributed by atoms with E-state index in [0.29, 0.717) is 16.3 Å². The molecule has 214 valence electrons. The van der Waals surface area contributed by atoms with Gasteiger partial charge in [-0.15, -0.1) is 23.1 Å². The van der Waals surface area contributed by atoms with Crippen LogP contribution < -0.4 is 10.6 Å². The SMILES string of the molecule is COC(=O)c1c(NC(=O)C(Sc2cccc(NC(=O)c3cccc([N+](=O)[O-])c3)c2)c2ccccc2)sc2c1CCCC2. The van der Waals surface area contributed by atoms with Crippen molar-refractivity contribution in [3.05, 3.63) is 116 Å². The fourth-order valence-electron chi connectivity index (χ4n) is 4.80. The van der Waals surface area contributed by atoms with Gasteiger partial charge in [-0.2, -0.15) is 0 Å². The molecular formula is C31H27N3O6S2. The molecular weight excluding hydrogens is 574 g/mol. The van der Waals surface area contributed by atoms with Gasteiger partial charge in [0.05, 0.1) is 17.6 Å². The highest BCUT2D eigenvalue weighted by Gasteiger charge is 2.29. The number of aryl methyl sites for hydroxylation is 1. The van der Waals surface area contributed by atoms with Gasteiger partial charge in [0.15, 0.2) is 0 Å². The maximum absolute atomic E-state index is 13.8. The van der Waals surface area contributed by atoms with Gasteiger partial charge >= 0.3 is 5.97 Å². The first-order valence-corrected chi connectivity index (χ1v) is 14.9. The van der Waals surface area contributed by atoms with E-state index < -0.39 is 22.0 Å². The van der Waals surface area contributed by atoms with Crippen LogP contribution in [0, 0.1) is 10.1 Å². The Morgan fingerprint density at radius 1 is 0.952 bits per heavy atom. The molecule has 1 aliphatic carbocycles. The van der Waals surface area contributed by atoms with Crippen molar-refractivity contribution in [1.29, 1.82) is 0 Å². The number of thioether (sulfide) groups is 1. The monoisotopic (exact) mass is 601 g/mol. The van der Waals surface area contributed by atoms with E-state index in [1.807, 2.05) is 36.4 Å². The average Bonchev–Trinajstić information content (AvgIpc) is 3.37. The highest BCUT2D eigenvalue weighted by molar-refractivity contribution is 8.00. The molecule has 0 aliphatic heterocycles. The number of rotatable bonds is 9. The molecule has 0 saturated heterocycles. The molecule has 5 rings (SSSR count). The molecule has 0 fully saturated rings. The third-order valence-electron chi connectivity index (χ3n) is 6.80. The van der Waals surface area contributed by atoms with Crippen molar-refractivity contribution >= 4 is 57.3 Å². The number of nitrogens with one attached hydrogen (secondary N) is 2. The van der Waals surface area contributed by atoms with E-state index in [9.17, 15) is 24.5 Å². The summed E-state index contributed by atoms with van der Waals surface area (Å²) in [5.41, 5.74) is 2.63. The molecule has 1 unspecified atom stereocenters. The number of nitro benzene ring substituents is 1. The Morgan fingerprint density at radius 2 is 1.71 bits per heavy atom. The summed E-state index contributed by atoms with van der Waals surface area (Å²) in [6, 6.07) is 21.9. The minimum atomic E-state index is -0.668. The Kier molecular flexibility index (Phi) is 8.99. The number of carbonyl (C=O) groups excluding carboxylic acids is 3. The summed E-state index contributed by atoms with van der Waals surface area (Å²) in [5, 5.41) is 16.7. The standard InChI is InChI=1S/C31H27N3O6S2/c1-40-31(37)26-24-15-5-6-16-25(24)42-30(26)33-29(36)27(19-9-3-2-4-10-19)41-23-14-8-12-21(18-23)32-28(35)20-11-7-13-22(17-20)34(38)39/h2-4,7-14,17-18,27H,5-6,15-16H2,1H3,(H,32,35)(H,33,36). The van der Waals surface area contributed by atoms with Gasteiger partial charge in [-0.1, -0.05) is 42.5 Å². The van der Waals surface area contributed by atoms with Crippen molar-refractivity contribution in [3.8, 4) is 0 Å². The molecule has 1 aromatic heterocycles. The summed E-state index contributed by atoms with van der Waals surface area (Å²) < 4.78 is 5.06. The number of amides is 2. The lowest BCUT2D eigenvalue weighted by Gasteiger charge is -2.18.